The quantitative estimate of drug-likeness (QED) is 0.699. The maximum atomic E-state index is 12.2. The van der Waals surface area contributed by atoms with Gasteiger partial charge in [-0.1, -0.05) is 17.7 Å². The molecular weight excluding hydrogens is 348 g/mol. The first-order chi connectivity index (χ1) is 11.4. The second-order valence-electron chi connectivity index (χ2n) is 5.19. The first kappa shape index (κ1) is 18.4. The number of hydrogen-bond acceptors (Lipinski definition) is 5. The van der Waals surface area contributed by atoms with Crippen LogP contribution in [-0.4, -0.2) is 27.5 Å². The van der Waals surface area contributed by atoms with E-state index in [9.17, 15) is 13.2 Å². The van der Waals surface area contributed by atoms with Crippen molar-refractivity contribution in [1.29, 1.82) is 0 Å². The molecule has 2 rings (SSSR count). The SMILES string of the molecule is CC(=O)NCc1ccc(S(=O)(=O)NCCOc2ccc(C)cc2)s1. The Kier molecular flexibility index (Phi) is 6.36. The average Bonchev–Trinajstić information content (AvgIpc) is 3.01. The fourth-order valence-electron chi connectivity index (χ4n) is 1.86. The van der Waals surface area contributed by atoms with Crippen LogP contribution in [0.4, 0.5) is 0 Å². The van der Waals surface area contributed by atoms with Gasteiger partial charge in [-0.05, 0) is 31.2 Å². The molecule has 0 fully saturated rings. The molecule has 8 heteroatoms. The van der Waals surface area contributed by atoms with Crippen LogP contribution in [0.2, 0.25) is 0 Å². The summed E-state index contributed by atoms with van der Waals surface area (Å²) in [6.45, 7) is 4.15. The number of amides is 1. The molecule has 2 N–H and O–H groups in total. The van der Waals surface area contributed by atoms with E-state index in [1.807, 2.05) is 31.2 Å². The minimum Gasteiger partial charge on any atom is -0.492 e. The monoisotopic (exact) mass is 368 g/mol. The van der Waals surface area contributed by atoms with E-state index in [4.69, 9.17) is 4.74 Å². The minimum absolute atomic E-state index is 0.154. The van der Waals surface area contributed by atoms with Crippen LogP contribution in [0.5, 0.6) is 5.75 Å². The zero-order chi connectivity index (χ0) is 17.6. The molecule has 2 aromatic rings. The number of ether oxygens (including phenoxy) is 1. The van der Waals surface area contributed by atoms with Gasteiger partial charge in [-0.25, -0.2) is 13.1 Å². The number of hydrogen-bond donors (Lipinski definition) is 2. The number of rotatable bonds is 8. The predicted octanol–water partition coefficient (Wildman–Crippen LogP) is 2.05. The Morgan fingerprint density at radius 2 is 1.88 bits per heavy atom. The van der Waals surface area contributed by atoms with E-state index in [2.05, 4.69) is 10.0 Å². The van der Waals surface area contributed by atoms with E-state index >= 15 is 0 Å². The first-order valence-corrected chi connectivity index (χ1v) is 9.69. The Labute approximate surface area is 145 Å². The molecule has 1 aromatic heterocycles. The summed E-state index contributed by atoms with van der Waals surface area (Å²) in [6, 6.07) is 10.8. The predicted molar refractivity (Wildman–Crippen MR) is 93.7 cm³/mol. The maximum Gasteiger partial charge on any atom is 0.250 e. The van der Waals surface area contributed by atoms with Crippen molar-refractivity contribution in [1.82, 2.24) is 10.0 Å². The van der Waals surface area contributed by atoms with E-state index in [-0.39, 0.29) is 23.3 Å². The van der Waals surface area contributed by atoms with Crippen molar-refractivity contribution in [2.45, 2.75) is 24.6 Å². The standard InChI is InChI=1S/C16H20N2O4S2/c1-12-3-5-14(6-4-12)22-10-9-18-24(20,21)16-8-7-15(23-16)11-17-13(2)19/h3-8,18H,9-11H2,1-2H3,(H,17,19). The zero-order valence-corrected chi connectivity index (χ0v) is 15.2. The molecule has 1 amide bonds. The van der Waals surface area contributed by atoms with Gasteiger partial charge in [0.15, 0.2) is 0 Å². The number of carbonyl (C=O) groups is 1. The highest BCUT2D eigenvalue weighted by atomic mass is 32.2. The molecule has 0 aliphatic heterocycles. The van der Waals surface area contributed by atoms with Crippen molar-refractivity contribution >= 4 is 27.3 Å². The van der Waals surface area contributed by atoms with E-state index in [1.54, 1.807) is 6.07 Å². The number of aryl methyl sites for hydroxylation is 1. The Bertz CT molecular complexity index is 783. The highest BCUT2D eigenvalue weighted by Crippen LogP contribution is 2.21. The van der Waals surface area contributed by atoms with Crippen LogP contribution >= 0.6 is 11.3 Å². The lowest BCUT2D eigenvalue weighted by Gasteiger charge is -2.07. The third-order valence-corrected chi connectivity index (χ3v) is 6.14. The molecule has 0 bridgehead atoms. The highest BCUT2D eigenvalue weighted by Gasteiger charge is 2.16. The normalized spacial score (nSPS) is 11.2. The molecule has 0 atom stereocenters. The summed E-state index contributed by atoms with van der Waals surface area (Å²) in [5.74, 6) is 0.549. The lowest BCUT2D eigenvalue weighted by atomic mass is 10.2. The van der Waals surface area contributed by atoms with Crippen molar-refractivity contribution in [3.63, 3.8) is 0 Å². The van der Waals surface area contributed by atoms with Crippen LogP contribution in [0.3, 0.4) is 0 Å². The average molecular weight is 368 g/mol. The van der Waals surface area contributed by atoms with Gasteiger partial charge in [0.25, 0.3) is 0 Å². The second-order valence-corrected chi connectivity index (χ2v) is 8.35. The van der Waals surface area contributed by atoms with Crippen molar-refractivity contribution in [3.8, 4) is 5.75 Å². The van der Waals surface area contributed by atoms with E-state index in [0.29, 0.717) is 12.3 Å². The van der Waals surface area contributed by atoms with Crippen LogP contribution in [-0.2, 0) is 21.4 Å². The van der Waals surface area contributed by atoms with E-state index in [1.165, 1.54) is 13.0 Å². The van der Waals surface area contributed by atoms with E-state index < -0.39 is 10.0 Å². The molecule has 24 heavy (non-hydrogen) atoms. The van der Waals surface area contributed by atoms with Gasteiger partial charge >= 0.3 is 0 Å². The Balaban J connectivity index is 1.82. The Morgan fingerprint density at radius 1 is 1.17 bits per heavy atom. The Hall–Kier alpha value is -1.90. The van der Waals surface area contributed by atoms with E-state index in [0.717, 1.165) is 21.8 Å². The second kappa shape index (κ2) is 8.27. The zero-order valence-electron chi connectivity index (χ0n) is 13.5. The van der Waals surface area contributed by atoms with Crippen LogP contribution in [0.15, 0.2) is 40.6 Å². The van der Waals surface area contributed by atoms with Gasteiger partial charge < -0.3 is 10.1 Å². The number of sulfonamides is 1. The summed E-state index contributed by atoms with van der Waals surface area (Å²) in [6.07, 6.45) is 0. The molecule has 1 aromatic carbocycles. The number of benzene rings is 1. The number of nitrogens with one attached hydrogen (secondary N) is 2. The maximum absolute atomic E-state index is 12.2. The molecular formula is C16H20N2O4S2. The summed E-state index contributed by atoms with van der Waals surface area (Å²) in [5.41, 5.74) is 1.14. The fraction of sp³-hybridized carbons (Fsp3) is 0.312. The number of carbonyl (C=O) groups excluding carboxylic acids is 1. The van der Waals surface area contributed by atoms with Crippen molar-refractivity contribution in [2.24, 2.45) is 0 Å². The third-order valence-electron chi connectivity index (χ3n) is 3.10. The van der Waals surface area contributed by atoms with Crippen molar-refractivity contribution in [3.05, 3.63) is 46.8 Å². The molecule has 1 heterocycles. The highest BCUT2D eigenvalue weighted by molar-refractivity contribution is 7.91. The molecule has 0 saturated carbocycles. The fourth-order valence-corrected chi connectivity index (χ4v) is 4.21. The van der Waals surface area contributed by atoms with Gasteiger partial charge in [-0.2, -0.15) is 0 Å². The largest absolute Gasteiger partial charge is 0.492 e. The van der Waals surface area contributed by atoms with Crippen LogP contribution < -0.4 is 14.8 Å². The summed E-state index contributed by atoms with van der Waals surface area (Å²) in [7, 11) is -3.56. The number of thiophene rings is 1. The third kappa shape index (κ3) is 5.63. The van der Waals surface area contributed by atoms with Gasteiger partial charge in [0.1, 0.15) is 16.6 Å². The first-order valence-electron chi connectivity index (χ1n) is 7.39. The molecule has 0 unspecified atom stereocenters. The van der Waals surface area contributed by atoms with Crippen LogP contribution in [0, 0.1) is 6.92 Å². The lowest BCUT2D eigenvalue weighted by molar-refractivity contribution is -0.119. The summed E-state index contributed by atoms with van der Waals surface area (Å²) >= 11 is 1.13. The molecule has 0 aliphatic carbocycles. The molecule has 0 spiro atoms. The van der Waals surface area contributed by atoms with Gasteiger partial charge in [0, 0.05) is 18.3 Å². The van der Waals surface area contributed by atoms with Crippen LogP contribution in [0.1, 0.15) is 17.4 Å². The van der Waals surface area contributed by atoms with Crippen LogP contribution in [0.25, 0.3) is 0 Å². The molecule has 0 aliphatic rings. The Morgan fingerprint density at radius 3 is 2.54 bits per heavy atom. The minimum atomic E-state index is -3.56. The summed E-state index contributed by atoms with van der Waals surface area (Å²) < 4.78 is 32.6. The van der Waals surface area contributed by atoms with Gasteiger partial charge in [-0.3, -0.25) is 4.79 Å². The lowest BCUT2D eigenvalue weighted by Crippen LogP contribution is -2.27. The smallest absolute Gasteiger partial charge is 0.250 e. The molecule has 0 radical (unpaired) electrons. The van der Waals surface area contributed by atoms with Gasteiger partial charge in [0.05, 0.1) is 6.54 Å². The van der Waals surface area contributed by atoms with Crippen molar-refractivity contribution < 1.29 is 17.9 Å². The topological polar surface area (TPSA) is 84.5 Å². The van der Waals surface area contributed by atoms with Crippen molar-refractivity contribution in [2.75, 3.05) is 13.2 Å². The summed E-state index contributed by atoms with van der Waals surface area (Å²) in [4.78, 5) is 11.7. The van der Waals surface area contributed by atoms with Gasteiger partial charge in [-0.15, -0.1) is 11.3 Å². The summed E-state index contributed by atoms with van der Waals surface area (Å²) in [5, 5.41) is 2.64. The molecule has 0 saturated heterocycles. The van der Waals surface area contributed by atoms with Gasteiger partial charge in [0.2, 0.25) is 15.9 Å². The molecule has 6 nitrogen and oxygen atoms in total. The molecule has 130 valence electrons.